The van der Waals surface area contributed by atoms with Crippen LogP contribution < -0.4 is 10.6 Å². The van der Waals surface area contributed by atoms with E-state index in [1.165, 1.54) is 5.56 Å². The average Bonchev–Trinajstić information content (AvgIpc) is 2.40. The molecule has 2 aromatic rings. The van der Waals surface area contributed by atoms with Gasteiger partial charge in [0.2, 0.25) is 5.95 Å². The lowest BCUT2D eigenvalue weighted by atomic mass is 10.0. The third-order valence-corrected chi connectivity index (χ3v) is 2.60. The van der Waals surface area contributed by atoms with Crippen molar-refractivity contribution in [2.75, 3.05) is 10.6 Å². The number of amides is 2. The molecule has 2 rings (SSSR count). The van der Waals surface area contributed by atoms with E-state index in [-0.39, 0.29) is 12.0 Å². The van der Waals surface area contributed by atoms with Crippen molar-refractivity contribution in [3.8, 4) is 0 Å². The van der Waals surface area contributed by atoms with Crippen LogP contribution in [0.2, 0.25) is 0 Å². The monoisotopic (exact) mass is 256 g/mol. The smallest absolute Gasteiger partial charge is 0.308 e. The van der Waals surface area contributed by atoms with E-state index in [0.717, 1.165) is 5.69 Å². The third-order valence-electron chi connectivity index (χ3n) is 2.60. The zero-order valence-electron chi connectivity index (χ0n) is 10.9. The average molecular weight is 256 g/mol. The molecule has 19 heavy (non-hydrogen) atoms. The molecule has 0 saturated heterocycles. The maximum atomic E-state index is 11.8. The first-order valence-corrected chi connectivity index (χ1v) is 6.10. The molecule has 1 aromatic carbocycles. The molecular formula is C14H16N4O. The van der Waals surface area contributed by atoms with Gasteiger partial charge in [-0.15, -0.1) is 0 Å². The molecule has 98 valence electrons. The number of nitrogens with one attached hydrogen (secondary N) is 2. The Morgan fingerprint density at radius 3 is 2.53 bits per heavy atom. The van der Waals surface area contributed by atoms with Gasteiger partial charge in [-0.05, 0) is 29.7 Å². The van der Waals surface area contributed by atoms with Crippen LogP contribution >= 0.6 is 0 Å². The lowest BCUT2D eigenvalue weighted by molar-refractivity contribution is 0.262. The van der Waals surface area contributed by atoms with Crippen LogP contribution in [0.25, 0.3) is 0 Å². The number of hydrogen-bond donors (Lipinski definition) is 2. The van der Waals surface area contributed by atoms with Gasteiger partial charge in [-0.25, -0.2) is 14.8 Å². The highest BCUT2D eigenvalue weighted by Gasteiger charge is 2.05. The van der Waals surface area contributed by atoms with Crippen molar-refractivity contribution in [3.63, 3.8) is 0 Å². The van der Waals surface area contributed by atoms with Crippen molar-refractivity contribution in [3.05, 3.63) is 48.3 Å². The molecule has 0 atom stereocenters. The van der Waals surface area contributed by atoms with Gasteiger partial charge in [0.15, 0.2) is 0 Å². The summed E-state index contributed by atoms with van der Waals surface area (Å²) in [6, 6.07) is 9.09. The van der Waals surface area contributed by atoms with E-state index in [0.29, 0.717) is 5.92 Å². The summed E-state index contributed by atoms with van der Waals surface area (Å²) < 4.78 is 0. The number of anilines is 2. The minimum absolute atomic E-state index is 0.278. The molecule has 0 unspecified atom stereocenters. The highest BCUT2D eigenvalue weighted by atomic mass is 16.2. The van der Waals surface area contributed by atoms with Gasteiger partial charge >= 0.3 is 6.03 Å². The Hall–Kier alpha value is -2.43. The summed E-state index contributed by atoms with van der Waals surface area (Å²) in [5.74, 6) is 0.697. The summed E-state index contributed by atoms with van der Waals surface area (Å²) >= 11 is 0. The van der Waals surface area contributed by atoms with Crippen molar-refractivity contribution in [2.45, 2.75) is 19.8 Å². The molecule has 5 nitrogen and oxygen atoms in total. The summed E-state index contributed by atoms with van der Waals surface area (Å²) in [6.45, 7) is 4.22. The second-order valence-corrected chi connectivity index (χ2v) is 4.43. The lowest BCUT2D eigenvalue weighted by Gasteiger charge is -2.09. The fraction of sp³-hybridized carbons (Fsp3) is 0.214. The van der Waals surface area contributed by atoms with E-state index in [9.17, 15) is 4.79 Å². The maximum absolute atomic E-state index is 11.8. The van der Waals surface area contributed by atoms with Gasteiger partial charge in [0, 0.05) is 18.1 Å². The van der Waals surface area contributed by atoms with Crippen LogP contribution in [0.1, 0.15) is 25.3 Å². The quantitative estimate of drug-likeness (QED) is 0.885. The molecule has 0 aliphatic carbocycles. The molecule has 0 aliphatic heterocycles. The standard InChI is InChI=1S/C14H16N4O/c1-10(2)11-5-3-6-12(9-11)17-14(19)18-13-15-7-4-8-16-13/h3-10H,1-2H3,(H2,15,16,17,18,19). The minimum Gasteiger partial charge on any atom is -0.308 e. The molecule has 0 spiro atoms. The topological polar surface area (TPSA) is 66.9 Å². The number of rotatable bonds is 3. The first-order valence-electron chi connectivity index (χ1n) is 6.10. The number of carbonyl (C=O) groups is 1. The van der Waals surface area contributed by atoms with Crippen LogP contribution in [0.15, 0.2) is 42.7 Å². The summed E-state index contributed by atoms with van der Waals surface area (Å²) in [5, 5.41) is 5.32. The highest BCUT2D eigenvalue weighted by molar-refractivity contribution is 5.98. The Morgan fingerprint density at radius 2 is 1.84 bits per heavy atom. The largest absolute Gasteiger partial charge is 0.326 e. The predicted molar refractivity (Wildman–Crippen MR) is 75.2 cm³/mol. The van der Waals surface area contributed by atoms with Crippen LogP contribution in [0, 0.1) is 0 Å². The maximum Gasteiger partial charge on any atom is 0.326 e. The van der Waals surface area contributed by atoms with Crippen molar-refractivity contribution in [2.24, 2.45) is 0 Å². The number of carbonyl (C=O) groups excluding carboxylic acids is 1. The van der Waals surface area contributed by atoms with Gasteiger partial charge in [0.05, 0.1) is 0 Å². The number of nitrogens with zero attached hydrogens (tertiary/aromatic N) is 2. The van der Waals surface area contributed by atoms with E-state index in [1.54, 1.807) is 18.5 Å². The highest BCUT2D eigenvalue weighted by Crippen LogP contribution is 2.18. The fourth-order valence-electron chi connectivity index (χ4n) is 1.60. The van der Waals surface area contributed by atoms with E-state index in [1.807, 2.05) is 24.3 Å². The van der Waals surface area contributed by atoms with Crippen molar-refractivity contribution in [1.29, 1.82) is 0 Å². The number of urea groups is 1. The van der Waals surface area contributed by atoms with E-state index in [2.05, 4.69) is 34.4 Å². The molecule has 0 aliphatic rings. The number of aromatic nitrogens is 2. The Labute approximate surface area is 112 Å². The number of benzene rings is 1. The van der Waals surface area contributed by atoms with E-state index < -0.39 is 0 Å². The van der Waals surface area contributed by atoms with Gasteiger partial charge in [0.1, 0.15) is 0 Å². The zero-order valence-corrected chi connectivity index (χ0v) is 10.9. The van der Waals surface area contributed by atoms with Gasteiger partial charge in [0.25, 0.3) is 0 Å². The van der Waals surface area contributed by atoms with Gasteiger partial charge < -0.3 is 5.32 Å². The van der Waals surface area contributed by atoms with Crippen LogP contribution in [-0.2, 0) is 0 Å². The molecular weight excluding hydrogens is 240 g/mol. The molecule has 2 amide bonds. The summed E-state index contributed by atoms with van der Waals surface area (Å²) in [7, 11) is 0. The molecule has 0 saturated carbocycles. The molecule has 0 radical (unpaired) electrons. The molecule has 2 N–H and O–H groups in total. The summed E-state index contributed by atoms with van der Waals surface area (Å²) in [5.41, 5.74) is 1.92. The molecule has 1 heterocycles. The summed E-state index contributed by atoms with van der Waals surface area (Å²) in [4.78, 5) is 19.6. The normalized spacial score (nSPS) is 10.3. The first-order chi connectivity index (χ1) is 9.15. The van der Waals surface area contributed by atoms with Crippen molar-refractivity contribution >= 4 is 17.7 Å². The Bertz CT molecular complexity index is 554. The van der Waals surface area contributed by atoms with Crippen molar-refractivity contribution < 1.29 is 4.79 Å². The molecule has 0 bridgehead atoms. The Kier molecular flexibility index (Phi) is 4.07. The second kappa shape index (κ2) is 5.95. The minimum atomic E-state index is -0.355. The van der Waals surface area contributed by atoms with E-state index in [4.69, 9.17) is 0 Å². The Balaban J connectivity index is 2.01. The van der Waals surface area contributed by atoms with Crippen LogP contribution in [-0.4, -0.2) is 16.0 Å². The van der Waals surface area contributed by atoms with Gasteiger partial charge in [-0.1, -0.05) is 26.0 Å². The number of hydrogen-bond acceptors (Lipinski definition) is 3. The molecule has 0 fully saturated rings. The SMILES string of the molecule is CC(C)c1cccc(NC(=O)Nc2ncccn2)c1. The molecule has 5 heteroatoms. The Morgan fingerprint density at radius 1 is 1.11 bits per heavy atom. The van der Waals surface area contributed by atoms with Gasteiger partial charge in [-0.3, -0.25) is 5.32 Å². The first kappa shape index (κ1) is 13.0. The van der Waals surface area contributed by atoms with Crippen LogP contribution in [0.5, 0.6) is 0 Å². The van der Waals surface area contributed by atoms with E-state index >= 15 is 0 Å². The third kappa shape index (κ3) is 3.77. The lowest BCUT2D eigenvalue weighted by Crippen LogP contribution is -2.20. The van der Waals surface area contributed by atoms with Crippen LogP contribution in [0.4, 0.5) is 16.4 Å². The fourth-order valence-corrected chi connectivity index (χ4v) is 1.60. The summed E-state index contributed by atoms with van der Waals surface area (Å²) in [6.07, 6.45) is 3.14. The second-order valence-electron chi connectivity index (χ2n) is 4.43. The zero-order chi connectivity index (χ0) is 13.7. The molecule has 1 aromatic heterocycles. The van der Waals surface area contributed by atoms with Gasteiger partial charge in [-0.2, -0.15) is 0 Å². The predicted octanol–water partition coefficient (Wildman–Crippen LogP) is 3.24. The van der Waals surface area contributed by atoms with Crippen molar-refractivity contribution in [1.82, 2.24) is 9.97 Å². The van der Waals surface area contributed by atoms with Crippen LogP contribution in [0.3, 0.4) is 0 Å².